The number of carbonyl (C=O) groups is 1. The van der Waals surface area contributed by atoms with Crippen molar-refractivity contribution in [2.45, 2.75) is 13.3 Å². The van der Waals surface area contributed by atoms with Crippen LogP contribution in [0.5, 0.6) is 5.75 Å². The molecule has 5 heteroatoms. The van der Waals surface area contributed by atoms with Gasteiger partial charge in [0.15, 0.2) is 5.69 Å². The van der Waals surface area contributed by atoms with Gasteiger partial charge in [0, 0.05) is 10.9 Å². The molecule has 4 N–H and O–H groups in total. The van der Waals surface area contributed by atoms with E-state index in [2.05, 4.69) is 4.98 Å². The number of carboxylic acids is 1. The van der Waals surface area contributed by atoms with Crippen molar-refractivity contribution in [1.82, 2.24) is 4.98 Å². The third kappa shape index (κ3) is 1.65. The lowest BCUT2D eigenvalue weighted by molar-refractivity contribution is 0.0689. The standard InChI is InChI=1S/C12H12N2O3/c1-2-6-10(12(16)17)14-9-7(11(6)15)4-3-5-8(9)13/h3-5H,2,13H2,1H3,(H,14,15)(H,16,17). The predicted octanol–water partition coefficient (Wildman–Crippen LogP) is 1.78. The summed E-state index contributed by atoms with van der Waals surface area (Å²) in [5, 5.41) is 19.6. The van der Waals surface area contributed by atoms with Crippen LogP contribution in [0.25, 0.3) is 10.9 Å². The van der Waals surface area contributed by atoms with Crippen LogP contribution in [0, 0.1) is 0 Å². The third-order valence-corrected chi connectivity index (χ3v) is 2.67. The van der Waals surface area contributed by atoms with Crippen molar-refractivity contribution in [2.75, 3.05) is 5.73 Å². The smallest absolute Gasteiger partial charge is 0.354 e. The minimum absolute atomic E-state index is 0.0535. The number of benzene rings is 1. The Kier molecular flexibility index (Phi) is 2.59. The van der Waals surface area contributed by atoms with Gasteiger partial charge >= 0.3 is 5.97 Å². The average Bonchev–Trinajstić information content (AvgIpc) is 2.30. The Labute approximate surface area is 97.5 Å². The number of hydrogen-bond acceptors (Lipinski definition) is 4. The number of aromatic nitrogens is 1. The Hall–Kier alpha value is -2.30. The van der Waals surface area contributed by atoms with Crippen LogP contribution in [0.15, 0.2) is 18.2 Å². The minimum atomic E-state index is -1.16. The van der Waals surface area contributed by atoms with Crippen LogP contribution in [-0.2, 0) is 6.42 Å². The van der Waals surface area contributed by atoms with Crippen molar-refractivity contribution in [2.24, 2.45) is 0 Å². The van der Waals surface area contributed by atoms with Crippen molar-refractivity contribution < 1.29 is 15.0 Å². The van der Waals surface area contributed by atoms with Crippen molar-refractivity contribution in [3.63, 3.8) is 0 Å². The Balaban J connectivity index is 2.93. The molecule has 0 amide bonds. The number of fused-ring (bicyclic) bond motifs is 1. The lowest BCUT2D eigenvalue weighted by Gasteiger charge is -2.10. The number of nitrogens with zero attached hydrogens (tertiary/aromatic N) is 1. The molecule has 2 aromatic rings. The van der Waals surface area contributed by atoms with E-state index >= 15 is 0 Å². The highest BCUT2D eigenvalue weighted by Crippen LogP contribution is 2.32. The second kappa shape index (κ2) is 3.93. The van der Waals surface area contributed by atoms with Gasteiger partial charge in [-0.05, 0) is 18.6 Å². The van der Waals surface area contributed by atoms with Gasteiger partial charge in [-0.25, -0.2) is 9.78 Å². The molecule has 1 aromatic heterocycles. The quantitative estimate of drug-likeness (QED) is 0.686. The Morgan fingerprint density at radius 2 is 2.18 bits per heavy atom. The third-order valence-electron chi connectivity index (χ3n) is 2.67. The number of nitrogen functional groups attached to an aromatic ring is 1. The molecule has 17 heavy (non-hydrogen) atoms. The summed E-state index contributed by atoms with van der Waals surface area (Å²) in [4.78, 5) is 15.1. The molecule has 0 atom stereocenters. The SMILES string of the molecule is CCc1c(C(=O)O)nc2c(N)cccc2c1O. The van der Waals surface area contributed by atoms with E-state index in [0.29, 0.717) is 28.6 Å². The van der Waals surface area contributed by atoms with Gasteiger partial charge in [0.05, 0.1) is 11.2 Å². The van der Waals surface area contributed by atoms with E-state index in [-0.39, 0.29) is 11.4 Å². The molecule has 0 aliphatic carbocycles. The van der Waals surface area contributed by atoms with Gasteiger partial charge in [-0.3, -0.25) is 0 Å². The maximum atomic E-state index is 11.1. The van der Waals surface area contributed by atoms with Gasteiger partial charge in [0.25, 0.3) is 0 Å². The first-order valence-electron chi connectivity index (χ1n) is 5.19. The monoisotopic (exact) mass is 232 g/mol. The summed E-state index contributed by atoms with van der Waals surface area (Å²) in [6, 6.07) is 4.98. The van der Waals surface area contributed by atoms with Gasteiger partial charge in [0.1, 0.15) is 5.75 Å². The molecule has 1 heterocycles. The maximum absolute atomic E-state index is 11.1. The summed E-state index contributed by atoms with van der Waals surface area (Å²) in [6.45, 7) is 1.77. The van der Waals surface area contributed by atoms with Crippen LogP contribution in [0.2, 0.25) is 0 Å². The number of nitrogens with two attached hydrogens (primary N) is 1. The van der Waals surface area contributed by atoms with Crippen molar-refractivity contribution >= 4 is 22.6 Å². The number of carboxylic acid groups (broad SMARTS) is 1. The Morgan fingerprint density at radius 1 is 1.47 bits per heavy atom. The van der Waals surface area contributed by atoms with E-state index in [0.717, 1.165) is 0 Å². The summed E-state index contributed by atoms with van der Waals surface area (Å²) in [6.07, 6.45) is 0.394. The second-order valence-electron chi connectivity index (χ2n) is 3.69. The highest BCUT2D eigenvalue weighted by molar-refractivity contribution is 5.99. The lowest BCUT2D eigenvalue weighted by atomic mass is 10.0. The first kappa shape index (κ1) is 11.2. The minimum Gasteiger partial charge on any atom is -0.507 e. The van der Waals surface area contributed by atoms with Crippen LogP contribution in [0.3, 0.4) is 0 Å². The Bertz CT molecular complexity index is 608. The summed E-state index contributed by atoms with van der Waals surface area (Å²) < 4.78 is 0. The molecule has 0 saturated carbocycles. The Morgan fingerprint density at radius 3 is 2.76 bits per heavy atom. The largest absolute Gasteiger partial charge is 0.507 e. The summed E-state index contributed by atoms with van der Waals surface area (Å²) in [5.74, 6) is -1.22. The van der Waals surface area contributed by atoms with Crippen LogP contribution in [0.1, 0.15) is 23.0 Å². The number of pyridine rings is 1. The van der Waals surface area contributed by atoms with Crippen LogP contribution < -0.4 is 5.73 Å². The lowest BCUT2D eigenvalue weighted by Crippen LogP contribution is -2.07. The van der Waals surface area contributed by atoms with E-state index in [9.17, 15) is 9.90 Å². The molecule has 0 aliphatic heterocycles. The van der Waals surface area contributed by atoms with Gasteiger partial charge < -0.3 is 15.9 Å². The van der Waals surface area contributed by atoms with Crippen molar-refractivity contribution in [3.8, 4) is 5.75 Å². The molecule has 0 saturated heterocycles. The molecule has 5 nitrogen and oxygen atoms in total. The molecule has 88 valence electrons. The molecule has 2 rings (SSSR count). The molecule has 0 unspecified atom stereocenters. The van der Waals surface area contributed by atoms with Gasteiger partial charge in [-0.15, -0.1) is 0 Å². The highest BCUT2D eigenvalue weighted by Gasteiger charge is 2.18. The molecule has 0 fully saturated rings. The fourth-order valence-electron chi connectivity index (χ4n) is 1.84. The number of rotatable bonds is 2. The number of aromatic carboxylic acids is 1. The average molecular weight is 232 g/mol. The van der Waals surface area contributed by atoms with Crippen LogP contribution in [-0.4, -0.2) is 21.2 Å². The summed E-state index contributed by atoms with van der Waals surface area (Å²) in [5.41, 5.74) is 6.57. The zero-order chi connectivity index (χ0) is 12.6. The van der Waals surface area contributed by atoms with Crippen LogP contribution in [0.4, 0.5) is 5.69 Å². The first-order valence-corrected chi connectivity index (χ1v) is 5.19. The second-order valence-corrected chi connectivity index (χ2v) is 3.69. The van der Waals surface area contributed by atoms with Crippen LogP contribution >= 0.6 is 0 Å². The fraction of sp³-hybridized carbons (Fsp3) is 0.167. The predicted molar refractivity (Wildman–Crippen MR) is 64.2 cm³/mol. The summed E-state index contributed by atoms with van der Waals surface area (Å²) in [7, 11) is 0. The number of hydrogen-bond donors (Lipinski definition) is 3. The maximum Gasteiger partial charge on any atom is 0.354 e. The van der Waals surface area contributed by atoms with Gasteiger partial charge in [-0.1, -0.05) is 13.0 Å². The van der Waals surface area contributed by atoms with Gasteiger partial charge in [0.2, 0.25) is 0 Å². The normalized spacial score (nSPS) is 10.6. The molecule has 0 spiro atoms. The molecule has 1 aromatic carbocycles. The highest BCUT2D eigenvalue weighted by atomic mass is 16.4. The summed E-state index contributed by atoms with van der Waals surface area (Å²) >= 11 is 0. The van der Waals surface area contributed by atoms with E-state index in [1.165, 1.54) is 0 Å². The van der Waals surface area contributed by atoms with E-state index in [4.69, 9.17) is 10.8 Å². The van der Waals surface area contributed by atoms with E-state index < -0.39 is 5.97 Å². The number of anilines is 1. The van der Waals surface area contributed by atoms with E-state index in [1.807, 2.05) is 0 Å². The zero-order valence-electron chi connectivity index (χ0n) is 9.27. The number of para-hydroxylation sites is 1. The molecular weight excluding hydrogens is 220 g/mol. The zero-order valence-corrected chi connectivity index (χ0v) is 9.27. The number of aromatic hydroxyl groups is 1. The molecule has 0 bridgehead atoms. The molecule has 0 radical (unpaired) electrons. The molecular formula is C12H12N2O3. The van der Waals surface area contributed by atoms with Gasteiger partial charge in [-0.2, -0.15) is 0 Å². The first-order chi connectivity index (χ1) is 8.06. The van der Waals surface area contributed by atoms with Crippen molar-refractivity contribution in [3.05, 3.63) is 29.5 Å². The van der Waals surface area contributed by atoms with Crippen molar-refractivity contribution in [1.29, 1.82) is 0 Å². The van der Waals surface area contributed by atoms with E-state index in [1.54, 1.807) is 25.1 Å². The fourth-order valence-corrected chi connectivity index (χ4v) is 1.84. The molecule has 0 aliphatic rings. The topological polar surface area (TPSA) is 96.4 Å².